The Hall–Kier alpha value is -8.57. The molecule has 4 heterocycles. The van der Waals surface area contributed by atoms with Crippen LogP contribution in [0.3, 0.4) is 0 Å². The Morgan fingerprint density at radius 1 is 0.338 bits per heavy atom. The Balaban J connectivity index is 0.772. The van der Waals surface area contributed by atoms with Gasteiger partial charge in [0, 0.05) is 23.6 Å². The number of aryl methyl sites for hydroxylation is 2. The number of oxazole rings is 4. The lowest BCUT2D eigenvalue weighted by atomic mass is 9.75. The lowest BCUT2D eigenvalue weighted by molar-refractivity contribution is -0.173. The fourth-order valence-corrected chi connectivity index (χ4v) is 8.83. The van der Waals surface area contributed by atoms with Crippen LogP contribution in [0, 0.1) is 13.8 Å². The van der Waals surface area contributed by atoms with Crippen molar-refractivity contribution < 1.29 is 30.8 Å². The van der Waals surface area contributed by atoms with Crippen molar-refractivity contribution in [3.63, 3.8) is 0 Å². The molecule has 1 unspecified atom stereocenters. The number of fused-ring (bicyclic) bond motifs is 4. The Morgan fingerprint density at radius 2 is 0.691 bits per heavy atom. The maximum Gasteiger partial charge on any atom is 0.402 e. The molecule has 0 aliphatic carbocycles. The molecule has 0 saturated carbocycles. The van der Waals surface area contributed by atoms with Crippen molar-refractivity contribution >= 4 is 44.4 Å². The molecule has 11 heteroatoms. The summed E-state index contributed by atoms with van der Waals surface area (Å²) in [6.45, 7) is 5.04. The monoisotopic (exact) mass is 898 g/mol. The van der Waals surface area contributed by atoms with E-state index in [1.54, 1.807) is 12.1 Å². The predicted molar refractivity (Wildman–Crippen MR) is 258 cm³/mol. The van der Waals surface area contributed by atoms with E-state index in [9.17, 15) is 0 Å². The largest absolute Gasteiger partial charge is 0.441 e. The van der Waals surface area contributed by atoms with Crippen molar-refractivity contribution in [1.29, 1.82) is 0 Å². The standard InChI is InChI=1S/C57H37F3N4O4/c1-32-4-6-34(7-5-32)35-8-14-38(15-9-35)53-62-45-24-22-43(30-51(45)67-53)56(3,57(58,59)60)44-23-25-46-52(31-44)68-54(63-46)39-16-10-36(11-17-39)37-12-18-40(19-13-37)55-64-48-29-42(21-27-50(48)66-55)41-20-26-49-47(28-41)61-33(2)65-49/h4-31H,1-3H3. The minimum Gasteiger partial charge on any atom is -0.441 e. The highest BCUT2D eigenvalue weighted by Gasteiger charge is 2.54. The molecule has 0 bridgehead atoms. The van der Waals surface area contributed by atoms with Crippen LogP contribution in [-0.2, 0) is 5.41 Å². The van der Waals surface area contributed by atoms with Crippen LogP contribution >= 0.6 is 0 Å². The Labute approximate surface area is 386 Å². The van der Waals surface area contributed by atoms with Crippen LogP contribution in [0.2, 0.25) is 0 Å². The average molecular weight is 899 g/mol. The third-order valence-corrected chi connectivity index (χ3v) is 12.8. The topological polar surface area (TPSA) is 104 Å². The number of hydrogen-bond acceptors (Lipinski definition) is 8. The van der Waals surface area contributed by atoms with Crippen molar-refractivity contribution in [3.8, 4) is 67.7 Å². The van der Waals surface area contributed by atoms with Gasteiger partial charge in [-0.25, -0.2) is 19.9 Å². The molecular formula is C57H37F3N4O4. The van der Waals surface area contributed by atoms with Crippen LogP contribution in [0.5, 0.6) is 0 Å². The molecule has 12 aromatic rings. The summed E-state index contributed by atoms with van der Waals surface area (Å²) in [6, 6.07) is 52.4. The summed E-state index contributed by atoms with van der Waals surface area (Å²) in [5, 5.41) is 0. The zero-order valence-corrected chi connectivity index (χ0v) is 36.7. The molecule has 68 heavy (non-hydrogen) atoms. The predicted octanol–water partition coefficient (Wildman–Crippen LogP) is 15.7. The third kappa shape index (κ3) is 7.11. The van der Waals surface area contributed by atoms with Crippen LogP contribution < -0.4 is 0 Å². The fourth-order valence-electron chi connectivity index (χ4n) is 8.83. The summed E-state index contributed by atoms with van der Waals surface area (Å²) in [5.74, 6) is 1.75. The molecule has 12 rings (SSSR count). The molecule has 0 spiro atoms. The van der Waals surface area contributed by atoms with E-state index in [-0.39, 0.29) is 22.3 Å². The number of nitrogens with zero attached hydrogens (tertiary/aromatic N) is 4. The van der Waals surface area contributed by atoms with E-state index >= 15 is 13.2 Å². The van der Waals surface area contributed by atoms with Crippen LogP contribution in [0.4, 0.5) is 13.2 Å². The fraction of sp³-hybridized carbons (Fsp3) is 0.0877. The lowest BCUT2D eigenvalue weighted by Gasteiger charge is -2.33. The Kier molecular flexibility index (Phi) is 9.34. The molecule has 1 atom stereocenters. The average Bonchev–Trinajstić information content (AvgIpc) is 4.17. The molecule has 0 saturated heterocycles. The number of rotatable bonds is 8. The van der Waals surface area contributed by atoms with E-state index in [1.807, 2.05) is 123 Å². The number of aromatic nitrogens is 4. The molecule has 8 aromatic carbocycles. The van der Waals surface area contributed by atoms with Gasteiger partial charge in [0.1, 0.15) is 27.5 Å². The van der Waals surface area contributed by atoms with Gasteiger partial charge in [-0.3, -0.25) is 0 Å². The third-order valence-electron chi connectivity index (χ3n) is 12.8. The van der Waals surface area contributed by atoms with E-state index in [4.69, 9.17) is 22.7 Å². The van der Waals surface area contributed by atoms with Gasteiger partial charge in [0.25, 0.3) is 0 Å². The molecule has 0 radical (unpaired) electrons. The van der Waals surface area contributed by atoms with Gasteiger partial charge in [0.05, 0.1) is 0 Å². The van der Waals surface area contributed by atoms with Gasteiger partial charge in [-0.05, 0) is 143 Å². The van der Waals surface area contributed by atoms with E-state index in [2.05, 4.69) is 39.2 Å². The van der Waals surface area contributed by atoms with Crippen LogP contribution in [0.15, 0.2) is 188 Å². The van der Waals surface area contributed by atoms with E-state index in [1.165, 1.54) is 36.8 Å². The van der Waals surface area contributed by atoms with E-state index < -0.39 is 11.6 Å². The summed E-state index contributed by atoms with van der Waals surface area (Å²) in [7, 11) is 0. The molecule has 0 N–H and O–H groups in total. The number of alkyl halides is 3. The first-order valence-electron chi connectivity index (χ1n) is 22.0. The van der Waals surface area contributed by atoms with Crippen molar-refractivity contribution in [3.05, 3.63) is 192 Å². The number of halogens is 3. The van der Waals surface area contributed by atoms with Crippen molar-refractivity contribution in [2.75, 3.05) is 0 Å². The van der Waals surface area contributed by atoms with Crippen LogP contribution in [-0.4, -0.2) is 26.1 Å². The summed E-state index contributed by atoms with van der Waals surface area (Å²) in [5.41, 5.74) is 11.4. The van der Waals surface area contributed by atoms with Crippen molar-refractivity contribution in [1.82, 2.24) is 19.9 Å². The highest BCUT2D eigenvalue weighted by Crippen LogP contribution is 2.48. The quantitative estimate of drug-likeness (QED) is 0.149. The minimum atomic E-state index is -4.68. The molecule has 0 amide bonds. The zero-order chi connectivity index (χ0) is 46.3. The first kappa shape index (κ1) is 40.9. The second kappa shape index (κ2) is 15.5. The summed E-state index contributed by atoms with van der Waals surface area (Å²) < 4.78 is 70.1. The normalized spacial score (nSPS) is 13.0. The molecule has 4 aromatic heterocycles. The van der Waals surface area contributed by atoms with Gasteiger partial charge in [0.15, 0.2) is 28.2 Å². The van der Waals surface area contributed by atoms with Gasteiger partial charge in [-0.1, -0.05) is 90.5 Å². The van der Waals surface area contributed by atoms with Crippen LogP contribution in [0.1, 0.15) is 29.5 Å². The summed E-state index contributed by atoms with van der Waals surface area (Å²) >= 11 is 0. The Morgan fingerprint density at radius 3 is 1.13 bits per heavy atom. The molecule has 330 valence electrons. The number of hydrogen-bond donors (Lipinski definition) is 0. The number of benzene rings is 8. The maximum absolute atomic E-state index is 15.3. The van der Waals surface area contributed by atoms with Gasteiger partial charge in [-0.2, -0.15) is 13.2 Å². The van der Waals surface area contributed by atoms with E-state index in [0.29, 0.717) is 45.7 Å². The smallest absolute Gasteiger partial charge is 0.402 e. The zero-order valence-electron chi connectivity index (χ0n) is 36.7. The summed E-state index contributed by atoms with van der Waals surface area (Å²) in [4.78, 5) is 18.5. The molecule has 0 fully saturated rings. The van der Waals surface area contributed by atoms with Crippen molar-refractivity contribution in [2.45, 2.75) is 32.4 Å². The van der Waals surface area contributed by atoms with Gasteiger partial charge >= 0.3 is 6.18 Å². The Bertz CT molecular complexity index is 3870. The highest BCUT2D eigenvalue weighted by atomic mass is 19.4. The maximum atomic E-state index is 15.3. The second-order valence-electron chi connectivity index (χ2n) is 17.2. The molecule has 0 aliphatic heterocycles. The van der Waals surface area contributed by atoms with Gasteiger partial charge in [0.2, 0.25) is 17.7 Å². The van der Waals surface area contributed by atoms with Gasteiger partial charge < -0.3 is 17.7 Å². The van der Waals surface area contributed by atoms with Crippen LogP contribution in [0.25, 0.3) is 112 Å². The SMILES string of the molecule is Cc1ccc(-c2ccc(-c3nc4ccc(C(C)(c5ccc6nc(-c7ccc(-c8ccc(-c9nc%10cc(-c%11ccc%12oc(C)nc%12c%11)ccc%10o9)cc8)cc7)oc6c5)C(F)(F)F)cc4o3)cc2)cc1. The first-order valence-corrected chi connectivity index (χ1v) is 22.0. The molecular weight excluding hydrogens is 862 g/mol. The highest BCUT2D eigenvalue weighted by molar-refractivity contribution is 5.86. The molecule has 8 nitrogen and oxygen atoms in total. The molecule has 0 aliphatic rings. The second-order valence-corrected chi connectivity index (χ2v) is 17.2. The first-order chi connectivity index (χ1) is 32.9. The van der Waals surface area contributed by atoms with Gasteiger partial charge in [-0.15, -0.1) is 0 Å². The minimum absolute atomic E-state index is 0.00350. The van der Waals surface area contributed by atoms with E-state index in [0.717, 1.165) is 61.1 Å². The van der Waals surface area contributed by atoms with Crippen molar-refractivity contribution in [2.24, 2.45) is 0 Å². The lowest BCUT2D eigenvalue weighted by Crippen LogP contribution is -2.40. The summed E-state index contributed by atoms with van der Waals surface area (Å²) in [6.07, 6.45) is -4.68.